The number of amides is 1. The van der Waals surface area contributed by atoms with E-state index in [1.807, 2.05) is 31.2 Å². The number of hydrogen-bond donors (Lipinski definition) is 1. The van der Waals surface area contributed by atoms with Gasteiger partial charge in [-0.1, -0.05) is 42.2 Å². The average molecular weight is 407 g/mol. The molecular weight excluding hydrogens is 380 g/mol. The summed E-state index contributed by atoms with van der Waals surface area (Å²) in [4.78, 5) is 14.6. The van der Waals surface area contributed by atoms with Gasteiger partial charge in [0.1, 0.15) is 5.75 Å². The van der Waals surface area contributed by atoms with Crippen LogP contribution in [0.4, 0.5) is 10.8 Å². The minimum absolute atomic E-state index is 0.206. The Morgan fingerprint density at radius 1 is 1.33 bits per heavy atom. The Labute approximate surface area is 168 Å². The van der Waals surface area contributed by atoms with Crippen LogP contribution in [0.5, 0.6) is 5.75 Å². The van der Waals surface area contributed by atoms with Crippen molar-refractivity contribution in [2.24, 2.45) is 0 Å². The molecule has 0 bridgehead atoms. The summed E-state index contributed by atoms with van der Waals surface area (Å²) in [7, 11) is 0. The molecule has 0 saturated carbocycles. The lowest BCUT2D eigenvalue weighted by molar-refractivity contribution is -0.132. The molecule has 1 aliphatic heterocycles. The Morgan fingerprint density at radius 2 is 2.19 bits per heavy atom. The Morgan fingerprint density at radius 3 is 3.00 bits per heavy atom. The second-order valence-electron chi connectivity index (χ2n) is 6.36. The topological polar surface area (TPSA) is 67.3 Å². The fourth-order valence-corrected chi connectivity index (χ4v) is 4.90. The molecule has 3 rings (SSSR count). The summed E-state index contributed by atoms with van der Waals surface area (Å²) < 4.78 is 6.42. The molecule has 0 unspecified atom stereocenters. The van der Waals surface area contributed by atoms with Gasteiger partial charge in [-0.15, -0.1) is 10.2 Å². The number of nitrogens with one attached hydrogen (secondary N) is 1. The van der Waals surface area contributed by atoms with E-state index in [1.54, 1.807) is 0 Å². The van der Waals surface area contributed by atoms with Gasteiger partial charge < -0.3 is 15.0 Å². The fourth-order valence-electron chi connectivity index (χ4n) is 3.24. The van der Waals surface area contributed by atoms with E-state index < -0.39 is 0 Å². The van der Waals surface area contributed by atoms with Crippen molar-refractivity contribution in [3.8, 4) is 5.75 Å². The zero-order chi connectivity index (χ0) is 19.1. The van der Waals surface area contributed by atoms with Gasteiger partial charge in [-0.05, 0) is 44.7 Å². The van der Waals surface area contributed by atoms with Gasteiger partial charge in [0.15, 0.2) is 4.34 Å². The summed E-state index contributed by atoms with van der Waals surface area (Å²) in [5.41, 5.74) is 0.863. The first-order chi connectivity index (χ1) is 13.2. The van der Waals surface area contributed by atoms with Gasteiger partial charge in [-0.3, -0.25) is 4.79 Å². The SMILES string of the molecule is CCOc1ccccc1Nc1nnc(SCC(=O)N2CCCC[C@H]2CC)s1. The smallest absolute Gasteiger partial charge is 0.233 e. The third-order valence-electron chi connectivity index (χ3n) is 4.57. The van der Waals surface area contributed by atoms with Crippen molar-refractivity contribution in [1.82, 2.24) is 15.1 Å². The number of para-hydroxylation sites is 2. The highest BCUT2D eigenvalue weighted by Crippen LogP contribution is 2.32. The van der Waals surface area contributed by atoms with Crippen LogP contribution in [-0.4, -0.2) is 46.0 Å². The molecule has 2 aromatic rings. The zero-order valence-corrected chi connectivity index (χ0v) is 17.4. The van der Waals surface area contributed by atoms with E-state index in [0.29, 0.717) is 23.5 Å². The molecule has 0 aliphatic carbocycles. The molecule has 2 heterocycles. The van der Waals surface area contributed by atoms with Gasteiger partial charge in [-0.2, -0.15) is 0 Å². The Bertz CT molecular complexity index is 753. The van der Waals surface area contributed by atoms with E-state index in [9.17, 15) is 4.79 Å². The lowest BCUT2D eigenvalue weighted by Crippen LogP contribution is -2.44. The summed E-state index contributed by atoms with van der Waals surface area (Å²) in [6.45, 7) is 5.60. The molecule has 0 spiro atoms. The highest BCUT2D eigenvalue weighted by Gasteiger charge is 2.25. The summed E-state index contributed by atoms with van der Waals surface area (Å²) in [5.74, 6) is 1.41. The van der Waals surface area contributed by atoms with Crippen LogP contribution < -0.4 is 10.1 Å². The van der Waals surface area contributed by atoms with Crippen LogP contribution in [0.2, 0.25) is 0 Å². The number of anilines is 2. The van der Waals surface area contributed by atoms with E-state index in [1.165, 1.54) is 29.5 Å². The van der Waals surface area contributed by atoms with Gasteiger partial charge in [0, 0.05) is 12.6 Å². The number of nitrogens with zero attached hydrogens (tertiary/aromatic N) is 3. The molecular formula is C19H26N4O2S2. The summed E-state index contributed by atoms with van der Waals surface area (Å²) in [5, 5.41) is 12.3. The van der Waals surface area contributed by atoms with E-state index in [-0.39, 0.29) is 5.91 Å². The number of carbonyl (C=O) groups is 1. The maximum atomic E-state index is 12.6. The van der Waals surface area contributed by atoms with Crippen LogP contribution >= 0.6 is 23.1 Å². The van der Waals surface area contributed by atoms with Crippen LogP contribution in [-0.2, 0) is 4.79 Å². The minimum Gasteiger partial charge on any atom is -0.492 e. The van der Waals surface area contributed by atoms with Crippen molar-refractivity contribution < 1.29 is 9.53 Å². The second kappa shape index (κ2) is 9.94. The number of piperidine rings is 1. The largest absolute Gasteiger partial charge is 0.492 e. The van der Waals surface area contributed by atoms with E-state index in [4.69, 9.17) is 4.74 Å². The maximum absolute atomic E-state index is 12.6. The van der Waals surface area contributed by atoms with Gasteiger partial charge in [0.25, 0.3) is 0 Å². The van der Waals surface area contributed by atoms with Crippen LogP contribution in [0, 0.1) is 0 Å². The maximum Gasteiger partial charge on any atom is 0.233 e. The van der Waals surface area contributed by atoms with Crippen molar-refractivity contribution in [2.75, 3.05) is 24.2 Å². The fraction of sp³-hybridized carbons (Fsp3) is 0.526. The van der Waals surface area contributed by atoms with Gasteiger partial charge in [0.05, 0.1) is 18.0 Å². The van der Waals surface area contributed by atoms with E-state index in [2.05, 4.69) is 27.3 Å². The van der Waals surface area contributed by atoms with Crippen molar-refractivity contribution in [3.05, 3.63) is 24.3 Å². The highest BCUT2D eigenvalue weighted by atomic mass is 32.2. The number of carbonyl (C=O) groups excluding carboxylic acids is 1. The molecule has 8 heteroatoms. The number of ether oxygens (including phenoxy) is 1. The molecule has 6 nitrogen and oxygen atoms in total. The summed E-state index contributed by atoms with van der Waals surface area (Å²) >= 11 is 2.92. The first kappa shape index (κ1) is 19.9. The van der Waals surface area contributed by atoms with Crippen molar-refractivity contribution in [2.45, 2.75) is 49.9 Å². The second-order valence-corrected chi connectivity index (χ2v) is 8.56. The predicted octanol–water partition coefficient (Wildman–Crippen LogP) is 4.56. The Kier molecular flexibility index (Phi) is 7.34. The van der Waals surface area contributed by atoms with Crippen molar-refractivity contribution in [3.63, 3.8) is 0 Å². The average Bonchev–Trinajstić information content (AvgIpc) is 3.15. The molecule has 27 heavy (non-hydrogen) atoms. The van der Waals surface area contributed by atoms with Gasteiger partial charge >= 0.3 is 0 Å². The first-order valence-corrected chi connectivity index (χ1v) is 11.3. The Balaban J connectivity index is 1.56. The van der Waals surface area contributed by atoms with Gasteiger partial charge in [0.2, 0.25) is 11.0 Å². The minimum atomic E-state index is 0.206. The zero-order valence-electron chi connectivity index (χ0n) is 15.8. The molecule has 0 radical (unpaired) electrons. The number of aromatic nitrogens is 2. The highest BCUT2D eigenvalue weighted by molar-refractivity contribution is 8.01. The molecule has 1 aromatic carbocycles. The first-order valence-electron chi connectivity index (χ1n) is 9.45. The van der Waals surface area contributed by atoms with Crippen LogP contribution in [0.15, 0.2) is 28.6 Å². The van der Waals surface area contributed by atoms with Crippen LogP contribution in [0.25, 0.3) is 0 Å². The molecule has 1 atom stereocenters. The van der Waals surface area contributed by atoms with Crippen LogP contribution in [0.1, 0.15) is 39.5 Å². The number of thioether (sulfide) groups is 1. The summed E-state index contributed by atoms with van der Waals surface area (Å²) in [6, 6.07) is 8.15. The molecule has 1 saturated heterocycles. The number of likely N-dealkylation sites (tertiary alicyclic amines) is 1. The predicted molar refractivity (Wildman–Crippen MR) is 111 cm³/mol. The lowest BCUT2D eigenvalue weighted by atomic mass is 10.0. The molecule has 1 amide bonds. The molecule has 1 fully saturated rings. The third kappa shape index (κ3) is 5.35. The normalized spacial score (nSPS) is 17.0. The van der Waals surface area contributed by atoms with E-state index in [0.717, 1.165) is 41.6 Å². The standard InChI is InChI=1S/C19H26N4O2S2/c1-3-14-9-7-8-12-23(14)17(24)13-26-19-22-21-18(27-19)20-15-10-5-6-11-16(15)25-4-2/h5-6,10-11,14H,3-4,7-9,12-13H2,1-2H3,(H,20,21)/t14-/m1/s1. The number of rotatable bonds is 8. The molecule has 146 valence electrons. The molecule has 1 aromatic heterocycles. The molecule has 1 N–H and O–H groups in total. The third-order valence-corrected chi connectivity index (χ3v) is 6.53. The quantitative estimate of drug-likeness (QED) is 0.648. The number of benzene rings is 1. The number of hydrogen-bond acceptors (Lipinski definition) is 7. The monoisotopic (exact) mass is 406 g/mol. The van der Waals surface area contributed by atoms with Crippen molar-refractivity contribution >= 4 is 39.8 Å². The van der Waals surface area contributed by atoms with Crippen molar-refractivity contribution in [1.29, 1.82) is 0 Å². The molecule has 1 aliphatic rings. The summed E-state index contributed by atoms with van der Waals surface area (Å²) in [6.07, 6.45) is 4.49. The van der Waals surface area contributed by atoms with Gasteiger partial charge in [-0.25, -0.2) is 0 Å². The van der Waals surface area contributed by atoms with Crippen LogP contribution in [0.3, 0.4) is 0 Å². The lowest BCUT2D eigenvalue weighted by Gasteiger charge is -2.35. The van der Waals surface area contributed by atoms with E-state index >= 15 is 0 Å². The Hall–Kier alpha value is -1.80.